The number of rotatable bonds is 1. The average Bonchev–Trinajstić information content (AvgIpc) is 2.63. The third-order valence-electron chi connectivity index (χ3n) is 2.76. The Bertz CT molecular complexity index is 270. The highest BCUT2D eigenvalue weighted by molar-refractivity contribution is 8.00. The Morgan fingerprint density at radius 3 is 3.15 bits per heavy atom. The zero-order chi connectivity index (χ0) is 9.31. The zero-order valence-electron chi connectivity index (χ0n) is 7.69. The molecule has 3 heteroatoms. The third-order valence-corrected chi connectivity index (χ3v) is 4.18. The lowest BCUT2D eigenvalue weighted by atomic mass is 9.88. The maximum atomic E-state index is 10.4. The summed E-state index contributed by atoms with van der Waals surface area (Å²) in [4.78, 5) is 0. The predicted molar refractivity (Wildman–Crippen MR) is 53.8 cm³/mol. The molecule has 1 aliphatic heterocycles. The van der Waals surface area contributed by atoms with Gasteiger partial charge >= 0.3 is 0 Å². The van der Waals surface area contributed by atoms with Crippen LogP contribution in [0.4, 0.5) is 0 Å². The molecule has 2 rings (SSSR count). The lowest BCUT2D eigenvalue weighted by molar-refractivity contribution is 0.0249. The summed E-state index contributed by atoms with van der Waals surface area (Å²) >= 11 is 1.83. The van der Waals surface area contributed by atoms with Gasteiger partial charge in [-0.05, 0) is 24.7 Å². The van der Waals surface area contributed by atoms with Crippen molar-refractivity contribution in [3.05, 3.63) is 24.2 Å². The van der Waals surface area contributed by atoms with Gasteiger partial charge in [0.2, 0.25) is 0 Å². The molecular formula is C10H14O2S. The van der Waals surface area contributed by atoms with Gasteiger partial charge in [0.1, 0.15) is 5.60 Å². The molecular weight excluding hydrogens is 184 g/mol. The van der Waals surface area contributed by atoms with E-state index in [9.17, 15) is 5.11 Å². The van der Waals surface area contributed by atoms with Crippen molar-refractivity contribution in [3.8, 4) is 0 Å². The molecule has 0 saturated carbocycles. The summed E-state index contributed by atoms with van der Waals surface area (Å²) in [5.41, 5.74) is 0.253. The van der Waals surface area contributed by atoms with Crippen molar-refractivity contribution in [2.45, 2.75) is 30.6 Å². The van der Waals surface area contributed by atoms with Gasteiger partial charge in [0, 0.05) is 10.8 Å². The fourth-order valence-electron chi connectivity index (χ4n) is 1.83. The van der Waals surface area contributed by atoms with Crippen LogP contribution in [0.2, 0.25) is 0 Å². The molecule has 1 aromatic heterocycles. The fourth-order valence-corrected chi connectivity index (χ4v) is 3.03. The van der Waals surface area contributed by atoms with Crippen molar-refractivity contribution in [3.63, 3.8) is 0 Å². The van der Waals surface area contributed by atoms with Gasteiger partial charge in [0.25, 0.3) is 0 Å². The van der Waals surface area contributed by atoms with Gasteiger partial charge in [0.05, 0.1) is 12.5 Å². The van der Waals surface area contributed by atoms with Crippen LogP contribution in [0.5, 0.6) is 0 Å². The number of furan rings is 1. The predicted octanol–water partition coefficient (Wildman–Crippen LogP) is 2.38. The smallest absolute Gasteiger partial charge is 0.104 e. The zero-order valence-corrected chi connectivity index (χ0v) is 8.51. The normalized spacial score (nSPS) is 34.8. The number of aliphatic hydroxyl groups is 1. The van der Waals surface area contributed by atoms with Crippen LogP contribution in [0.1, 0.15) is 25.3 Å². The van der Waals surface area contributed by atoms with Crippen molar-refractivity contribution in [1.29, 1.82) is 0 Å². The Morgan fingerprint density at radius 1 is 1.69 bits per heavy atom. The van der Waals surface area contributed by atoms with Crippen LogP contribution in [0.25, 0.3) is 0 Å². The van der Waals surface area contributed by atoms with Crippen LogP contribution in [0.3, 0.4) is 0 Å². The molecule has 2 heterocycles. The number of hydrogen-bond donors (Lipinski definition) is 1. The van der Waals surface area contributed by atoms with Crippen molar-refractivity contribution in [2.75, 3.05) is 5.75 Å². The highest BCUT2D eigenvalue weighted by atomic mass is 32.2. The van der Waals surface area contributed by atoms with E-state index in [4.69, 9.17) is 4.42 Å². The summed E-state index contributed by atoms with van der Waals surface area (Å²) < 4.78 is 5.01. The van der Waals surface area contributed by atoms with Crippen LogP contribution < -0.4 is 0 Å². The minimum absolute atomic E-state index is 0.263. The molecule has 0 amide bonds. The summed E-state index contributed by atoms with van der Waals surface area (Å²) in [5, 5.41) is 10.7. The lowest BCUT2D eigenvalue weighted by Crippen LogP contribution is -2.38. The van der Waals surface area contributed by atoms with E-state index in [0.717, 1.165) is 24.2 Å². The Hall–Kier alpha value is -0.410. The van der Waals surface area contributed by atoms with Crippen molar-refractivity contribution < 1.29 is 9.52 Å². The Kier molecular flexibility index (Phi) is 2.39. The summed E-state index contributed by atoms with van der Waals surface area (Å²) in [6.45, 7) is 2.08. The van der Waals surface area contributed by atoms with Crippen molar-refractivity contribution in [2.24, 2.45) is 0 Å². The monoisotopic (exact) mass is 198 g/mol. The molecule has 1 fully saturated rings. The Morgan fingerprint density at radius 2 is 2.54 bits per heavy atom. The fraction of sp³-hybridized carbons (Fsp3) is 0.600. The SMILES string of the molecule is CC1SCCCC1(O)c1ccoc1. The Labute approximate surface area is 82.3 Å². The maximum absolute atomic E-state index is 10.4. The van der Waals surface area contributed by atoms with Gasteiger partial charge in [-0.25, -0.2) is 0 Å². The average molecular weight is 198 g/mol. The first-order valence-electron chi connectivity index (χ1n) is 4.60. The van der Waals surface area contributed by atoms with Crippen molar-refractivity contribution >= 4 is 11.8 Å². The van der Waals surface area contributed by atoms with Gasteiger partial charge in [-0.3, -0.25) is 0 Å². The molecule has 2 atom stereocenters. The summed E-state index contributed by atoms with van der Waals surface area (Å²) in [5.74, 6) is 1.15. The molecule has 0 aliphatic carbocycles. The molecule has 0 radical (unpaired) electrons. The van der Waals surface area contributed by atoms with Crippen LogP contribution in [-0.4, -0.2) is 16.1 Å². The second-order valence-electron chi connectivity index (χ2n) is 3.55. The van der Waals surface area contributed by atoms with Gasteiger partial charge in [-0.1, -0.05) is 6.92 Å². The molecule has 0 spiro atoms. The van der Waals surface area contributed by atoms with E-state index >= 15 is 0 Å². The van der Waals surface area contributed by atoms with Crippen LogP contribution in [-0.2, 0) is 5.60 Å². The first-order valence-corrected chi connectivity index (χ1v) is 5.65. The summed E-state index contributed by atoms with van der Waals surface area (Å²) in [7, 11) is 0. The topological polar surface area (TPSA) is 33.4 Å². The molecule has 0 bridgehead atoms. The van der Waals surface area contributed by atoms with E-state index in [1.807, 2.05) is 17.8 Å². The van der Waals surface area contributed by atoms with E-state index in [-0.39, 0.29) is 5.25 Å². The lowest BCUT2D eigenvalue weighted by Gasteiger charge is -2.36. The van der Waals surface area contributed by atoms with Gasteiger partial charge < -0.3 is 9.52 Å². The minimum atomic E-state index is -0.671. The van der Waals surface area contributed by atoms with Gasteiger partial charge in [0.15, 0.2) is 0 Å². The van der Waals surface area contributed by atoms with Gasteiger partial charge in [-0.15, -0.1) is 0 Å². The van der Waals surface area contributed by atoms with E-state index in [1.54, 1.807) is 12.5 Å². The number of hydrogen-bond acceptors (Lipinski definition) is 3. The third kappa shape index (κ3) is 1.51. The quantitative estimate of drug-likeness (QED) is 0.752. The van der Waals surface area contributed by atoms with E-state index in [0.29, 0.717) is 0 Å². The highest BCUT2D eigenvalue weighted by Crippen LogP contribution is 2.41. The van der Waals surface area contributed by atoms with E-state index in [2.05, 4.69) is 6.92 Å². The molecule has 1 aliphatic rings. The largest absolute Gasteiger partial charge is 0.472 e. The molecule has 2 unspecified atom stereocenters. The Balaban J connectivity index is 2.27. The standard InChI is InChI=1S/C10H14O2S/c1-8-10(11,4-2-6-13-8)9-3-5-12-7-9/h3,5,7-8,11H,2,4,6H2,1H3. The first-order chi connectivity index (χ1) is 6.23. The maximum Gasteiger partial charge on any atom is 0.104 e. The number of thioether (sulfide) groups is 1. The second-order valence-corrected chi connectivity index (χ2v) is 5.00. The van der Waals surface area contributed by atoms with Crippen molar-refractivity contribution in [1.82, 2.24) is 0 Å². The molecule has 1 N–H and O–H groups in total. The molecule has 13 heavy (non-hydrogen) atoms. The highest BCUT2D eigenvalue weighted by Gasteiger charge is 2.38. The van der Waals surface area contributed by atoms with Crippen LogP contribution in [0, 0.1) is 0 Å². The molecule has 72 valence electrons. The second kappa shape index (κ2) is 3.39. The molecule has 1 saturated heterocycles. The minimum Gasteiger partial charge on any atom is -0.472 e. The first kappa shape index (κ1) is 9.16. The molecule has 2 nitrogen and oxygen atoms in total. The van der Waals surface area contributed by atoms with Crippen LogP contribution >= 0.6 is 11.8 Å². The molecule has 1 aromatic rings. The van der Waals surface area contributed by atoms with E-state index < -0.39 is 5.60 Å². The summed E-state index contributed by atoms with van der Waals surface area (Å²) in [6.07, 6.45) is 5.21. The van der Waals surface area contributed by atoms with Crippen LogP contribution in [0.15, 0.2) is 23.0 Å². The van der Waals surface area contributed by atoms with Gasteiger partial charge in [-0.2, -0.15) is 11.8 Å². The van der Waals surface area contributed by atoms with E-state index in [1.165, 1.54) is 0 Å². The molecule has 0 aromatic carbocycles. The summed E-state index contributed by atoms with van der Waals surface area (Å²) in [6, 6.07) is 1.86.